The fourth-order valence-electron chi connectivity index (χ4n) is 6.24. The van der Waals surface area contributed by atoms with Crippen LogP contribution in [0.2, 0.25) is 5.54 Å². The number of hydrogen-bond acceptors (Lipinski definition) is 5. The molecule has 250 valence electrons. The number of unbranched alkanes of at least 4 members (excludes halogenated alkanes) is 18. The van der Waals surface area contributed by atoms with Crippen molar-refractivity contribution in [3.63, 3.8) is 0 Å². The van der Waals surface area contributed by atoms with Crippen LogP contribution in [0, 0.1) is 0 Å². The van der Waals surface area contributed by atoms with Crippen molar-refractivity contribution in [2.75, 3.05) is 32.7 Å². The third-order valence-electron chi connectivity index (χ3n) is 9.08. The molecule has 0 N–H and O–H groups in total. The highest BCUT2D eigenvalue weighted by Crippen LogP contribution is 2.26. The van der Waals surface area contributed by atoms with E-state index in [-0.39, 0.29) is 9.68 Å². The standard InChI is InChI=1S/C36H73NO3SSi/c1-4-6-8-10-12-13-14-15-16-17-18-20-22-26-36(38)41-32-24-25-35-28-27-34(29-30-37(3)42-35)40-33-39-31-23-21-19-11-9-7-5-2/h34-35H,4-33,42H2,1-3H3. The van der Waals surface area contributed by atoms with Crippen molar-refractivity contribution >= 4 is 26.6 Å². The molecule has 0 aromatic carbocycles. The molecule has 0 radical (unpaired) electrons. The van der Waals surface area contributed by atoms with Gasteiger partial charge in [-0.3, -0.25) is 4.79 Å². The Balaban J connectivity index is 1.97. The van der Waals surface area contributed by atoms with Crippen molar-refractivity contribution in [3.8, 4) is 0 Å². The summed E-state index contributed by atoms with van der Waals surface area (Å²) in [7, 11) is 2.11. The number of carbonyl (C=O) groups excluding carboxylic acids is 1. The molecular weight excluding hydrogens is 555 g/mol. The maximum Gasteiger partial charge on any atom is 0.188 e. The molecule has 0 aromatic rings. The first-order valence-electron chi connectivity index (χ1n) is 18.7. The van der Waals surface area contributed by atoms with E-state index in [1.165, 1.54) is 141 Å². The molecule has 2 unspecified atom stereocenters. The van der Waals surface area contributed by atoms with Gasteiger partial charge >= 0.3 is 0 Å². The SMILES string of the molecule is CCCCCCCCCCCCCCCC(=O)SCCCC1CCC(OCOCCCCCCCCC)CCN(C)[SiH2]1. The molecule has 4 nitrogen and oxygen atoms in total. The van der Waals surface area contributed by atoms with Crippen molar-refractivity contribution in [3.05, 3.63) is 0 Å². The molecule has 1 rings (SSSR count). The van der Waals surface area contributed by atoms with Gasteiger partial charge in [-0.2, -0.15) is 0 Å². The van der Waals surface area contributed by atoms with E-state index in [0.29, 0.717) is 18.0 Å². The molecule has 0 amide bonds. The van der Waals surface area contributed by atoms with Gasteiger partial charge in [0.05, 0.1) is 15.8 Å². The van der Waals surface area contributed by atoms with E-state index in [9.17, 15) is 4.79 Å². The summed E-state index contributed by atoms with van der Waals surface area (Å²) < 4.78 is 14.6. The quantitative estimate of drug-likeness (QED) is 0.0469. The molecule has 6 heteroatoms. The van der Waals surface area contributed by atoms with Crippen LogP contribution in [0.4, 0.5) is 0 Å². The van der Waals surface area contributed by atoms with Gasteiger partial charge in [0.25, 0.3) is 0 Å². The normalized spacial score (nSPS) is 18.8. The summed E-state index contributed by atoms with van der Waals surface area (Å²) >= 11 is 1.61. The molecule has 2 atom stereocenters. The second-order valence-electron chi connectivity index (χ2n) is 13.3. The highest BCUT2D eigenvalue weighted by Gasteiger charge is 2.21. The number of carbonyl (C=O) groups is 1. The van der Waals surface area contributed by atoms with Crippen LogP contribution in [0.5, 0.6) is 0 Å². The van der Waals surface area contributed by atoms with Gasteiger partial charge in [-0.15, -0.1) is 0 Å². The first kappa shape index (κ1) is 40.1. The average molecular weight is 628 g/mol. The van der Waals surface area contributed by atoms with Gasteiger partial charge in [-0.25, -0.2) is 0 Å². The number of rotatable bonds is 29. The minimum absolute atomic E-state index is 0.203. The monoisotopic (exact) mass is 628 g/mol. The third kappa shape index (κ3) is 26.5. The summed E-state index contributed by atoms with van der Waals surface area (Å²) in [5.41, 5.74) is 0.854. The minimum Gasteiger partial charge on any atom is -0.355 e. The Morgan fingerprint density at radius 2 is 1.26 bits per heavy atom. The highest BCUT2D eigenvalue weighted by atomic mass is 32.2. The Labute approximate surface area is 269 Å². The smallest absolute Gasteiger partial charge is 0.188 e. The van der Waals surface area contributed by atoms with Gasteiger partial charge in [0, 0.05) is 18.8 Å². The van der Waals surface area contributed by atoms with E-state index in [1.54, 1.807) is 11.8 Å². The fraction of sp³-hybridized carbons (Fsp3) is 0.972. The molecule has 42 heavy (non-hydrogen) atoms. The van der Waals surface area contributed by atoms with Crippen molar-refractivity contribution < 1.29 is 14.3 Å². The van der Waals surface area contributed by atoms with Gasteiger partial charge < -0.3 is 14.0 Å². The number of nitrogens with zero attached hydrogens (tertiary/aromatic N) is 1. The lowest BCUT2D eigenvalue weighted by Gasteiger charge is -2.30. The van der Waals surface area contributed by atoms with E-state index < -0.39 is 0 Å². The van der Waals surface area contributed by atoms with Crippen LogP contribution in [0.15, 0.2) is 0 Å². The van der Waals surface area contributed by atoms with Crippen molar-refractivity contribution in [1.29, 1.82) is 0 Å². The van der Waals surface area contributed by atoms with Crippen LogP contribution in [0.25, 0.3) is 0 Å². The maximum atomic E-state index is 12.4. The van der Waals surface area contributed by atoms with Gasteiger partial charge in [0.2, 0.25) is 0 Å². The number of hydrogen-bond donors (Lipinski definition) is 0. The molecule has 0 aromatic heterocycles. The summed E-state index contributed by atoms with van der Waals surface area (Å²) in [6.07, 6.45) is 34.1. The first-order valence-corrected chi connectivity index (χ1v) is 21.1. The van der Waals surface area contributed by atoms with E-state index in [1.807, 2.05) is 0 Å². The van der Waals surface area contributed by atoms with Crippen LogP contribution >= 0.6 is 11.8 Å². The Morgan fingerprint density at radius 3 is 1.86 bits per heavy atom. The molecule has 0 bridgehead atoms. The lowest BCUT2D eigenvalue weighted by molar-refractivity contribution is -0.111. The van der Waals surface area contributed by atoms with E-state index >= 15 is 0 Å². The average Bonchev–Trinajstić information content (AvgIpc) is 2.98. The fourth-order valence-corrected chi connectivity index (χ4v) is 9.20. The van der Waals surface area contributed by atoms with Gasteiger partial charge in [0.1, 0.15) is 6.79 Å². The lowest BCUT2D eigenvalue weighted by Crippen LogP contribution is -2.34. The van der Waals surface area contributed by atoms with Crippen LogP contribution in [-0.4, -0.2) is 58.2 Å². The predicted octanol–water partition coefficient (Wildman–Crippen LogP) is 10.6. The zero-order chi connectivity index (χ0) is 30.4. The van der Waals surface area contributed by atoms with E-state index in [4.69, 9.17) is 9.47 Å². The molecule has 1 heterocycles. The van der Waals surface area contributed by atoms with Crippen molar-refractivity contribution in [2.24, 2.45) is 0 Å². The second kappa shape index (κ2) is 31.1. The van der Waals surface area contributed by atoms with Crippen LogP contribution in [0.1, 0.15) is 181 Å². The zero-order valence-corrected chi connectivity index (χ0v) is 30.9. The Kier molecular flexibility index (Phi) is 29.7. The first-order chi connectivity index (χ1) is 20.7. The lowest BCUT2D eigenvalue weighted by atomic mass is 10.0. The third-order valence-corrected chi connectivity index (χ3v) is 12.4. The van der Waals surface area contributed by atoms with Crippen molar-refractivity contribution in [2.45, 2.75) is 192 Å². The van der Waals surface area contributed by atoms with Crippen LogP contribution in [0.3, 0.4) is 0 Å². The van der Waals surface area contributed by atoms with Crippen molar-refractivity contribution in [1.82, 2.24) is 4.57 Å². The minimum atomic E-state index is -0.203. The topological polar surface area (TPSA) is 38.8 Å². The van der Waals surface area contributed by atoms with Gasteiger partial charge in [-0.1, -0.05) is 148 Å². The molecule has 0 saturated carbocycles. The molecule has 1 aliphatic rings. The van der Waals surface area contributed by atoms with E-state index in [2.05, 4.69) is 25.5 Å². The van der Waals surface area contributed by atoms with E-state index in [0.717, 1.165) is 50.1 Å². The molecule has 0 spiro atoms. The molecule has 1 aliphatic heterocycles. The second-order valence-corrected chi connectivity index (χ2v) is 17.0. The Bertz CT molecular complexity index is 582. The predicted molar refractivity (Wildman–Crippen MR) is 189 cm³/mol. The van der Waals surface area contributed by atoms with Crippen LogP contribution in [-0.2, 0) is 14.3 Å². The summed E-state index contributed by atoms with van der Waals surface area (Å²) in [6.45, 7) is 7.03. The Hall–Kier alpha value is 0.117. The highest BCUT2D eigenvalue weighted by molar-refractivity contribution is 8.13. The molecule has 1 saturated heterocycles. The summed E-state index contributed by atoms with van der Waals surface area (Å²) in [6, 6.07) is 0. The number of thioether (sulfide) groups is 1. The van der Waals surface area contributed by atoms with Gasteiger partial charge in [0.15, 0.2) is 5.12 Å². The maximum absolute atomic E-state index is 12.4. The number of ether oxygens (including phenoxy) is 2. The summed E-state index contributed by atoms with van der Waals surface area (Å²) in [5, 5.41) is 0.426. The largest absolute Gasteiger partial charge is 0.355 e. The zero-order valence-electron chi connectivity index (χ0n) is 28.7. The van der Waals surface area contributed by atoms with Gasteiger partial charge in [-0.05, 0) is 57.7 Å². The van der Waals surface area contributed by atoms with Crippen LogP contribution < -0.4 is 0 Å². The Morgan fingerprint density at radius 1 is 0.714 bits per heavy atom. The summed E-state index contributed by atoms with van der Waals surface area (Å²) in [4.78, 5) is 12.4. The molecule has 1 fully saturated rings. The molecular formula is C36H73NO3SSi. The molecule has 0 aliphatic carbocycles. The summed E-state index contributed by atoms with van der Waals surface area (Å²) in [5.74, 6) is 1.01.